The highest BCUT2D eigenvalue weighted by Gasteiger charge is 2.28. The van der Waals surface area contributed by atoms with Gasteiger partial charge in [0.05, 0.1) is 0 Å². The molecule has 0 aliphatic heterocycles. The summed E-state index contributed by atoms with van der Waals surface area (Å²) in [7, 11) is -1.84. The molecule has 0 aromatic carbocycles. The van der Waals surface area contributed by atoms with E-state index >= 15 is 0 Å². The summed E-state index contributed by atoms with van der Waals surface area (Å²) < 4.78 is 10.5. The SMILES string of the molecule is CC(O)[P+](=O)C(C)O. The first-order valence-corrected chi connectivity index (χ1v) is 3.77. The van der Waals surface area contributed by atoms with E-state index in [4.69, 9.17) is 10.2 Å². The van der Waals surface area contributed by atoms with Gasteiger partial charge in [0, 0.05) is 13.8 Å². The average Bonchev–Trinajstić information content (AvgIpc) is 1.64. The van der Waals surface area contributed by atoms with Gasteiger partial charge in [-0.05, 0) is 0 Å². The topological polar surface area (TPSA) is 57.5 Å². The Morgan fingerprint density at radius 1 is 1.25 bits per heavy atom. The van der Waals surface area contributed by atoms with E-state index in [2.05, 4.69) is 0 Å². The third kappa shape index (κ3) is 2.36. The number of rotatable bonds is 2. The molecule has 0 aliphatic rings. The van der Waals surface area contributed by atoms with Gasteiger partial charge < -0.3 is 10.2 Å². The zero-order valence-electron chi connectivity index (χ0n) is 4.90. The van der Waals surface area contributed by atoms with Crippen molar-refractivity contribution in [1.29, 1.82) is 0 Å². The summed E-state index contributed by atoms with van der Waals surface area (Å²) in [6.45, 7) is 2.79. The van der Waals surface area contributed by atoms with Crippen LogP contribution in [0, 0.1) is 0 Å². The van der Waals surface area contributed by atoms with E-state index in [1.54, 1.807) is 0 Å². The first-order valence-electron chi connectivity index (χ1n) is 2.37. The molecule has 0 aromatic heterocycles. The molecule has 0 aromatic rings. The summed E-state index contributed by atoms with van der Waals surface area (Å²) >= 11 is 0. The zero-order valence-corrected chi connectivity index (χ0v) is 5.80. The van der Waals surface area contributed by atoms with Gasteiger partial charge in [0.1, 0.15) is 0 Å². The van der Waals surface area contributed by atoms with Gasteiger partial charge in [0.25, 0.3) is 11.7 Å². The quantitative estimate of drug-likeness (QED) is 0.544. The van der Waals surface area contributed by atoms with Crippen molar-refractivity contribution in [2.45, 2.75) is 25.5 Å². The van der Waals surface area contributed by atoms with E-state index in [9.17, 15) is 4.57 Å². The molecule has 2 unspecified atom stereocenters. The van der Waals surface area contributed by atoms with Crippen molar-refractivity contribution in [2.24, 2.45) is 0 Å². The minimum Gasteiger partial charge on any atom is -0.351 e. The van der Waals surface area contributed by atoms with E-state index < -0.39 is 19.5 Å². The van der Waals surface area contributed by atoms with E-state index in [-0.39, 0.29) is 0 Å². The Bertz CT molecular complexity index is 79.3. The van der Waals surface area contributed by atoms with Crippen LogP contribution in [0.4, 0.5) is 0 Å². The first-order chi connectivity index (χ1) is 3.55. The second kappa shape index (κ2) is 3.13. The van der Waals surface area contributed by atoms with Crippen LogP contribution in [0.3, 0.4) is 0 Å². The molecule has 0 heterocycles. The predicted octanol–water partition coefficient (Wildman–Crippen LogP) is 0.490. The van der Waals surface area contributed by atoms with E-state index in [1.165, 1.54) is 13.8 Å². The van der Waals surface area contributed by atoms with Crippen molar-refractivity contribution < 1.29 is 14.8 Å². The molecule has 0 rings (SSSR count). The van der Waals surface area contributed by atoms with Gasteiger partial charge >= 0.3 is 7.80 Å². The minimum absolute atomic E-state index is 0.898. The monoisotopic (exact) mass is 137 g/mol. The van der Waals surface area contributed by atoms with Crippen LogP contribution in [0.25, 0.3) is 0 Å². The molecule has 0 radical (unpaired) electrons. The fourth-order valence-corrected chi connectivity index (χ4v) is 0.937. The maximum atomic E-state index is 10.5. The smallest absolute Gasteiger partial charge is 0.351 e. The number of aliphatic hydroxyl groups is 2. The van der Waals surface area contributed by atoms with Gasteiger partial charge in [-0.1, -0.05) is 4.57 Å². The van der Waals surface area contributed by atoms with Crippen LogP contribution >= 0.6 is 7.80 Å². The molecule has 2 atom stereocenters. The molecule has 0 saturated carbocycles. The summed E-state index contributed by atoms with van der Waals surface area (Å²) in [5.41, 5.74) is 0. The molecule has 4 heteroatoms. The summed E-state index contributed by atoms with van der Waals surface area (Å²) in [5.74, 6) is -1.80. The molecule has 0 aliphatic carbocycles. The fraction of sp³-hybridized carbons (Fsp3) is 1.00. The molecular weight excluding hydrogens is 127 g/mol. The first kappa shape index (κ1) is 8.02. The molecule has 8 heavy (non-hydrogen) atoms. The predicted molar refractivity (Wildman–Crippen MR) is 31.0 cm³/mol. The van der Waals surface area contributed by atoms with Crippen molar-refractivity contribution in [3.8, 4) is 0 Å². The Morgan fingerprint density at radius 3 is 1.50 bits per heavy atom. The largest absolute Gasteiger partial charge is 0.400 e. The van der Waals surface area contributed by atoms with Crippen molar-refractivity contribution in [3.63, 3.8) is 0 Å². The van der Waals surface area contributed by atoms with Crippen molar-refractivity contribution in [3.05, 3.63) is 0 Å². The van der Waals surface area contributed by atoms with Crippen LogP contribution in [0.5, 0.6) is 0 Å². The third-order valence-electron chi connectivity index (χ3n) is 0.737. The van der Waals surface area contributed by atoms with Crippen LogP contribution < -0.4 is 0 Å². The molecular formula is C4H10O3P+. The fourth-order valence-electron chi connectivity index (χ4n) is 0.312. The molecule has 0 bridgehead atoms. The van der Waals surface area contributed by atoms with Crippen LogP contribution in [-0.4, -0.2) is 21.9 Å². The van der Waals surface area contributed by atoms with Crippen molar-refractivity contribution in [2.75, 3.05) is 0 Å². The highest BCUT2D eigenvalue weighted by atomic mass is 31.1. The van der Waals surface area contributed by atoms with Crippen molar-refractivity contribution >= 4 is 7.80 Å². The van der Waals surface area contributed by atoms with Crippen LogP contribution in [-0.2, 0) is 4.57 Å². The second-order valence-electron chi connectivity index (χ2n) is 1.62. The van der Waals surface area contributed by atoms with Gasteiger partial charge in [0.2, 0.25) is 0 Å². The van der Waals surface area contributed by atoms with Gasteiger partial charge in [0.15, 0.2) is 0 Å². The molecule has 3 nitrogen and oxygen atoms in total. The number of aliphatic hydroxyl groups excluding tert-OH is 2. The maximum Gasteiger partial charge on any atom is 0.400 e. The lowest BCUT2D eigenvalue weighted by atomic mass is 10.9. The number of hydrogen-bond acceptors (Lipinski definition) is 3. The Balaban J connectivity index is 3.65. The molecule has 0 saturated heterocycles. The van der Waals surface area contributed by atoms with Gasteiger partial charge in [-0.3, -0.25) is 0 Å². The minimum atomic E-state index is -1.84. The van der Waals surface area contributed by atoms with Crippen LogP contribution in [0.15, 0.2) is 0 Å². The second-order valence-corrected chi connectivity index (χ2v) is 3.84. The van der Waals surface area contributed by atoms with Crippen LogP contribution in [0.2, 0.25) is 0 Å². The Hall–Kier alpha value is 0.0200. The van der Waals surface area contributed by atoms with E-state index in [1.807, 2.05) is 0 Å². The highest BCUT2D eigenvalue weighted by molar-refractivity contribution is 7.45. The summed E-state index contributed by atoms with van der Waals surface area (Å²) in [4.78, 5) is 0. The zero-order chi connectivity index (χ0) is 6.73. The highest BCUT2D eigenvalue weighted by Crippen LogP contribution is 2.29. The summed E-state index contributed by atoms with van der Waals surface area (Å²) in [6, 6.07) is 0. The molecule has 48 valence electrons. The van der Waals surface area contributed by atoms with E-state index in [0.29, 0.717) is 0 Å². The lowest BCUT2D eigenvalue weighted by Gasteiger charge is -1.90. The summed E-state index contributed by atoms with van der Waals surface area (Å²) in [5, 5.41) is 17.1. The number of hydrogen-bond donors (Lipinski definition) is 2. The molecule has 0 fully saturated rings. The van der Waals surface area contributed by atoms with Gasteiger partial charge in [-0.2, -0.15) is 0 Å². The van der Waals surface area contributed by atoms with Crippen molar-refractivity contribution in [1.82, 2.24) is 0 Å². The third-order valence-corrected chi connectivity index (χ3v) is 2.21. The van der Waals surface area contributed by atoms with Crippen LogP contribution in [0.1, 0.15) is 13.8 Å². The van der Waals surface area contributed by atoms with Gasteiger partial charge in [-0.25, -0.2) is 0 Å². The Morgan fingerprint density at radius 2 is 1.50 bits per heavy atom. The Labute approximate surface area is 49.1 Å². The Kier molecular flexibility index (Phi) is 3.13. The molecule has 2 N–H and O–H groups in total. The lowest BCUT2D eigenvalue weighted by Crippen LogP contribution is -2.01. The average molecular weight is 137 g/mol. The van der Waals surface area contributed by atoms with Gasteiger partial charge in [-0.15, -0.1) is 0 Å². The van der Waals surface area contributed by atoms with E-state index in [0.717, 1.165) is 0 Å². The maximum absolute atomic E-state index is 10.5. The molecule has 0 amide bonds. The molecule has 0 spiro atoms. The normalized spacial score (nSPS) is 19.8. The summed E-state index contributed by atoms with van der Waals surface area (Å²) in [6.07, 6.45) is 0. The lowest BCUT2D eigenvalue weighted by molar-refractivity contribution is 0.235. The standard InChI is InChI=1S/C4H10O3P/c1-3(5)8(7)4(2)6/h3-6H,1-2H3/q+1.